The average Bonchev–Trinajstić information content (AvgIpc) is 3.81. The number of hydrogen-bond acceptors (Lipinski definition) is 15. The number of aryl methyl sites for hydroxylation is 1. The van der Waals surface area contributed by atoms with Gasteiger partial charge in [0, 0.05) is 77.5 Å². The molecule has 65 heavy (non-hydrogen) atoms. The molecule has 340 valence electrons. The van der Waals surface area contributed by atoms with Gasteiger partial charge in [-0.25, -0.2) is 19.7 Å². The van der Waals surface area contributed by atoms with Crippen molar-refractivity contribution in [1.82, 2.24) is 44.9 Å². The summed E-state index contributed by atoms with van der Waals surface area (Å²) in [5.41, 5.74) is 2.70. The second-order valence-electron chi connectivity index (χ2n) is 18.3. The number of nitrogens with one attached hydrogen (secondary N) is 5. The number of fused-ring (bicyclic) bond motifs is 1. The third-order valence-electron chi connectivity index (χ3n) is 13.6. The number of Topliss-reactive ketones (excluding diaryl/α,β-unsaturated/α-hetero) is 1. The van der Waals surface area contributed by atoms with E-state index in [0.717, 1.165) is 57.1 Å². The third kappa shape index (κ3) is 8.95. The molecule has 5 aromatic rings. The van der Waals surface area contributed by atoms with E-state index in [2.05, 4.69) is 56.6 Å². The van der Waals surface area contributed by atoms with Crippen LogP contribution in [-0.2, 0) is 0 Å². The highest BCUT2D eigenvalue weighted by molar-refractivity contribution is 6.07. The molecular weight excluding hydrogens is 827 g/mol. The van der Waals surface area contributed by atoms with Crippen LogP contribution in [0.25, 0.3) is 11.0 Å². The number of urea groups is 1. The minimum Gasteiger partial charge on any atom is -0.373 e. The van der Waals surface area contributed by atoms with Gasteiger partial charge < -0.3 is 41.3 Å². The zero-order chi connectivity index (χ0) is 45.4. The van der Waals surface area contributed by atoms with Crippen molar-refractivity contribution >= 4 is 69.5 Å². The fourth-order valence-electron chi connectivity index (χ4n) is 10.2. The Bertz CT molecular complexity index is 2640. The van der Waals surface area contributed by atoms with E-state index in [4.69, 9.17) is 4.98 Å². The van der Waals surface area contributed by atoms with E-state index >= 15 is 0 Å². The largest absolute Gasteiger partial charge is 0.373 e. The summed E-state index contributed by atoms with van der Waals surface area (Å²) >= 11 is 0. The summed E-state index contributed by atoms with van der Waals surface area (Å²) < 4.78 is 1.70. The molecule has 3 saturated carbocycles. The molecule has 4 fully saturated rings. The standard InChI is InChI=1S/C46H57N15O4/c1-27-34-26-49-44(55-41(34)61(31-8-6-7-9-31)43(64)39(27)28(2)62)54-36-12-10-32(25-48-36)59-16-18-60(19-17-59)45(65)50-24-29-20-46(21-29)22-30(23-46)51-40-33(11-13-35(47-3)52-40)42(63)53-37-14-15-38(57-56-37)58(4)5/h10-15,25-26,29-31H,6-9,16-24H2,1-5H3,(H,50,65)(H2,47,51,52)(H,53,56,63)(H,48,49,54,55). The molecule has 19 nitrogen and oxygen atoms in total. The molecule has 5 N–H and O–H groups in total. The number of nitrogens with zero attached hydrogens (tertiary/aromatic N) is 10. The molecule has 4 aliphatic rings. The van der Waals surface area contributed by atoms with Gasteiger partial charge in [-0.3, -0.25) is 19.0 Å². The van der Waals surface area contributed by atoms with Crippen LogP contribution >= 0.6 is 0 Å². The normalized spacial score (nSPS) is 20.5. The Morgan fingerprint density at radius 3 is 2.26 bits per heavy atom. The second-order valence-corrected chi connectivity index (χ2v) is 18.3. The van der Waals surface area contributed by atoms with Crippen molar-refractivity contribution in [3.8, 4) is 0 Å². The van der Waals surface area contributed by atoms with Gasteiger partial charge in [0.1, 0.15) is 23.1 Å². The maximum Gasteiger partial charge on any atom is 0.317 e. The Morgan fingerprint density at radius 1 is 0.862 bits per heavy atom. The Labute approximate surface area is 377 Å². The van der Waals surface area contributed by atoms with E-state index in [-0.39, 0.29) is 46.3 Å². The zero-order valence-corrected chi connectivity index (χ0v) is 37.6. The monoisotopic (exact) mass is 883 g/mol. The fourth-order valence-corrected chi connectivity index (χ4v) is 10.2. The molecule has 3 amide bonds. The second kappa shape index (κ2) is 17.9. The average molecular weight is 884 g/mol. The topological polar surface area (TPSA) is 220 Å². The van der Waals surface area contributed by atoms with E-state index in [0.29, 0.717) is 95.8 Å². The van der Waals surface area contributed by atoms with Gasteiger partial charge in [-0.05, 0) is 106 Å². The SMILES string of the molecule is CNc1ccc(C(=O)Nc2ccc(N(C)C)nn2)c(NC2CC3(CC(CNC(=O)N4CCN(c5ccc(Nc6ncc7c(C)c(C(C)=O)c(=O)n(C8CCCC8)c7n6)nc5)CC4)C3)C2)n1. The number of aromatic nitrogens is 7. The molecule has 9 rings (SSSR count). The molecule has 1 aliphatic heterocycles. The van der Waals surface area contributed by atoms with Crippen LogP contribution in [0.15, 0.2) is 53.6 Å². The number of rotatable bonds is 13. The number of carbonyl (C=O) groups is 3. The third-order valence-corrected chi connectivity index (χ3v) is 13.6. The molecule has 0 atom stereocenters. The summed E-state index contributed by atoms with van der Waals surface area (Å²) in [6.07, 6.45) is 11.4. The van der Waals surface area contributed by atoms with Crippen LogP contribution in [0.2, 0.25) is 0 Å². The van der Waals surface area contributed by atoms with E-state index in [1.807, 2.05) is 36.0 Å². The summed E-state index contributed by atoms with van der Waals surface area (Å²) in [6.45, 7) is 6.45. The van der Waals surface area contributed by atoms with Gasteiger partial charge in [-0.15, -0.1) is 10.2 Å². The zero-order valence-electron chi connectivity index (χ0n) is 37.6. The number of carbonyl (C=O) groups excluding carboxylic acids is 3. The minimum atomic E-state index is -0.311. The first kappa shape index (κ1) is 43.3. The van der Waals surface area contributed by atoms with Crippen LogP contribution in [0.1, 0.15) is 90.6 Å². The van der Waals surface area contributed by atoms with Gasteiger partial charge in [0.2, 0.25) is 5.95 Å². The van der Waals surface area contributed by atoms with Gasteiger partial charge in [0.15, 0.2) is 17.4 Å². The predicted molar refractivity (Wildman–Crippen MR) is 251 cm³/mol. The highest BCUT2D eigenvalue weighted by Gasteiger charge is 2.53. The minimum absolute atomic E-state index is 0.00278. The fraction of sp³-hybridized carbons (Fsp3) is 0.478. The quantitative estimate of drug-likeness (QED) is 0.0909. The number of pyridine rings is 3. The number of hydrogen-bond donors (Lipinski definition) is 5. The highest BCUT2D eigenvalue weighted by Crippen LogP contribution is 2.59. The van der Waals surface area contributed by atoms with Crippen LogP contribution in [-0.4, -0.2) is 117 Å². The Kier molecular flexibility index (Phi) is 11.9. The van der Waals surface area contributed by atoms with E-state index < -0.39 is 0 Å². The molecular formula is C46H57N15O4. The van der Waals surface area contributed by atoms with E-state index in [1.54, 1.807) is 55.2 Å². The number of anilines is 7. The first-order chi connectivity index (χ1) is 31.4. The van der Waals surface area contributed by atoms with Crippen molar-refractivity contribution in [2.45, 2.75) is 77.3 Å². The summed E-state index contributed by atoms with van der Waals surface area (Å²) in [7, 11) is 5.56. The lowest BCUT2D eigenvalue weighted by atomic mass is 9.50. The molecule has 19 heteroatoms. The van der Waals surface area contributed by atoms with Crippen LogP contribution in [0.5, 0.6) is 0 Å². The summed E-state index contributed by atoms with van der Waals surface area (Å²) in [6, 6.07) is 11.1. The van der Waals surface area contributed by atoms with Crippen molar-refractivity contribution in [2.24, 2.45) is 11.3 Å². The Balaban J connectivity index is 0.723. The van der Waals surface area contributed by atoms with Gasteiger partial charge in [-0.1, -0.05) is 12.8 Å². The van der Waals surface area contributed by atoms with E-state index in [1.165, 1.54) is 6.92 Å². The predicted octanol–water partition coefficient (Wildman–Crippen LogP) is 5.60. The lowest BCUT2D eigenvalue weighted by molar-refractivity contribution is -0.0319. The van der Waals surface area contributed by atoms with Gasteiger partial charge in [0.05, 0.1) is 23.0 Å². The van der Waals surface area contributed by atoms with Crippen LogP contribution in [0.4, 0.5) is 45.5 Å². The van der Waals surface area contributed by atoms with E-state index in [9.17, 15) is 19.2 Å². The maximum absolute atomic E-state index is 13.6. The molecule has 0 unspecified atom stereocenters. The lowest BCUT2D eigenvalue weighted by Crippen LogP contribution is -2.56. The lowest BCUT2D eigenvalue weighted by Gasteiger charge is -2.58. The molecule has 5 aromatic heterocycles. The van der Waals surface area contributed by atoms with Crippen molar-refractivity contribution in [3.05, 3.63) is 75.8 Å². The maximum atomic E-state index is 13.6. The molecule has 3 aliphatic carbocycles. The number of ketones is 1. The Morgan fingerprint density at radius 2 is 1.60 bits per heavy atom. The molecule has 1 spiro atoms. The molecule has 0 aromatic carbocycles. The van der Waals surface area contributed by atoms with Crippen LogP contribution in [0, 0.1) is 18.3 Å². The molecule has 0 radical (unpaired) electrons. The van der Waals surface area contributed by atoms with Crippen molar-refractivity contribution in [3.63, 3.8) is 0 Å². The van der Waals surface area contributed by atoms with Crippen LogP contribution < -0.4 is 41.9 Å². The van der Waals surface area contributed by atoms with Crippen LogP contribution in [0.3, 0.4) is 0 Å². The number of piperazine rings is 1. The van der Waals surface area contributed by atoms with Crippen molar-refractivity contribution < 1.29 is 14.4 Å². The summed E-state index contributed by atoms with van der Waals surface area (Å²) in [5, 5.41) is 24.8. The first-order valence-electron chi connectivity index (χ1n) is 22.6. The summed E-state index contributed by atoms with van der Waals surface area (Å²) in [5.74, 6) is 3.02. The molecule has 6 heterocycles. The highest BCUT2D eigenvalue weighted by atomic mass is 16.2. The van der Waals surface area contributed by atoms with Gasteiger partial charge in [0.25, 0.3) is 11.5 Å². The Hall–Kier alpha value is -6.92. The summed E-state index contributed by atoms with van der Waals surface area (Å²) in [4.78, 5) is 77.2. The van der Waals surface area contributed by atoms with Gasteiger partial charge in [-0.2, -0.15) is 4.98 Å². The smallest absolute Gasteiger partial charge is 0.317 e. The van der Waals surface area contributed by atoms with Gasteiger partial charge >= 0.3 is 6.03 Å². The molecule has 1 saturated heterocycles. The van der Waals surface area contributed by atoms with Crippen molar-refractivity contribution in [2.75, 3.05) is 84.9 Å². The molecule has 0 bridgehead atoms. The first-order valence-corrected chi connectivity index (χ1v) is 22.6. The van der Waals surface area contributed by atoms with Crippen molar-refractivity contribution in [1.29, 1.82) is 0 Å². The number of amides is 3.